The number of nitrogens with one attached hydrogen (secondary N) is 1. The molecule has 0 radical (unpaired) electrons. The van der Waals surface area contributed by atoms with Crippen LogP contribution < -0.4 is 5.32 Å². The van der Waals surface area contributed by atoms with Crippen molar-refractivity contribution in [3.8, 4) is 0 Å². The Morgan fingerprint density at radius 3 is 2.77 bits per heavy atom. The van der Waals surface area contributed by atoms with Gasteiger partial charge in [-0.05, 0) is 12.1 Å². The summed E-state index contributed by atoms with van der Waals surface area (Å²) in [5.41, 5.74) is 0.909. The van der Waals surface area contributed by atoms with Crippen LogP contribution in [0.4, 0.5) is 5.69 Å². The topological polar surface area (TPSA) is 32.3 Å². The highest BCUT2D eigenvalue weighted by Crippen LogP contribution is 2.19. The lowest BCUT2D eigenvalue weighted by atomic mass is 10.3. The number of aliphatic hydroxyl groups is 1. The van der Waals surface area contributed by atoms with Crippen LogP contribution in [0.1, 0.15) is 0 Å². The standard InChI is InChI=1S/C10H12ClNO/c11-9-5-1-2-6-10(9)12-7-3-4-8-13/h1-6,12-13H,7-8H2/b4-3+. The zero-order valence-electron chi connectivity index (χ0n) is 7.20. The van der Waals surface area contributed by atoms with Crippen LogP contribution in [-0.2, 0) is 0 Å². The Morgan fingerprint density at radius 2 is 2.08 bits per heavy atom. The van der Waals surface area contributed by atoms with Crippen molar-refractivity contribution in [1.29, 1.82) is 0 Å². The van der Waals surface area contributed by atoms with Gasteiger partial charge in [0.25, 0.3) is 0 Å². The molecule has 0 heterocycles. The van der Waals surface area contributed by atoms with Crippen LogP contribution in [0, 0.1) is 0 Å². The molecule has 0 spiro atoms. The van der Waals surface area contributed by atoms with Crippen molar-refractivity contribution in [2.24, 2.45) is 0 Å². The summed E-state index contributed by atoms with van der Waals surface area (Å²) in [4.78, 5) is 0. The molecule has 1 aromatic rings. The van der Waals surface area contributed by atoms with Crippen LogP contribution in [0.5, 0.6) is 0 Å². The molecular formula is C10H12ClNO. The molecule has 2 N–H and O–H groups in total. The molecule has 0 unspecified atom stereocenters. The summed E-state index contributed by atoms with van der Waals surface area (Å²) in [6.45, 7) is 0.745. The van der Waals surface area contributed by atoms with Crippen molar-refractivity contribution in [2.45, 2.75) is 0 Å². The van der Waals surface area contributed by atoms with Gasteiger partial charge in [-0.15, -0.1) is 0 Å². The molecule has 0 aromatic heterocycles. The second-order valence-electron chi connectivity index (χ2n) is 2.51. The van der Waals surface area contributed by atoms with Gasteiger partial charge in [-0.3, -0.25) is 0 Å². The molecule has 13 heavy (non-hydrogen) atoms. The van der Waals surface area contributed by atoms with Gasteiger partial charge in [0.1, 0.15) is 0 Å². The number of aliphatic hydroxyl groups excluding tert-OH is 1. The molecular weight excluding hydrogens is 186 g/mol. The van der Waals surface area contributed by atoms with Crippen LogP contribution >= 0.6 is 11.6 Å². The van der Waals surface area contributed by atoms with Crippen molar-refractivity contribution in [3.05, 3.63) is 41.4 Å². The predicted molar refractivity (Wildman–Crippen MR) is 56.2 cm³/mol. The van der Waals surface area contributed by atoms with Crippen molar-refractivity contribution in [3.63, 3.8) is 0 Å². The monoisotopic (exact) mass is 197 g/mol. The molecule has 1 aromatic carbocycles. The normalized spacial score (nSPS) is 10.6. The molecule has 0 amide bonds. The average Bonchev–Trinajstić information content (AvgIpc) is 2.15. The summed E-state index contributed by atoms with van der Waals surface area (Å²) in [7, 11) is 0. The number of hydrogen-bond acceptors (Lipinski definition) is 2. The van der Waals surface area contributed by atoms with E-state index in [-0.39, 0.29) is 6.61 Å². The number of rotatable bonds is 4. The SMILES string of the molecule is OC/C=C/CNc1ccccc1Cl. The van der Waals surface area contributed by atoms with E-state index in [1.165, 1.54) is 0 Å². The van der Waals surface area contributed by atoms with Crippen LogP contribution in [0.15, 0.2) is 36.4 Å². The molecule has 70 valence electrons. The molecule has 2 nitrogen and oxygen atoms in total. The van der Waals surface area contributed by atoms with E-state index < -0.39 is 0 Å². The van der Waals surface area contributed by atoms with Crippen molar-refractivity contribution < 1.29 is 5.11 Å². The highest BCUT2D eigenvalue weighted by Gasteiger charge is 1.94. The maximum absolute atomic E-state index is 8.48. The Bertz CT molecular complexity index is 286. The van der Waals surface area contributed by atoms with E-state index in [1.807, 2.05) is 30.3 Å². The van der Waals surface area contributed by atoms with Gasteiger partial charge >= 0.3 is 0 Å². The number of hydrogen-bond donors (Lipinski definition) is 2. The van der Waals surface area contributed by atoms with Gasteiger partial charge in [-0.25, -0.2) is 0 Å². The second-order valence-corrected chi connectivity index (χ2v) is 2.92. The predicted octanol–water partition coefficient (Wildman–Crippen LogP) is 2.30. The highest BCUT2D eigenvalue weighted by atomic mass is 35.5. The third-order valence-electron chi connectivity index (χ3n) is 1.56. The van der Waals surface area contributed by atoms with Crippen molar-refractivity contribution >= 4 is 17.3 Å². The van der Waals surface area contributed by atoms with Crippen molar-refractivity contribution in [1.82, 2.24) is 0 Å². The van der Waals surface area contributed by atoms with Gasteiger partial charge in [-0.1, -0.05) is 35.9 Å². The fourth-order valence-electron chi connectivity index (χ4n) is 0.931. The van der Waals surface area contributed by atoms with E-state index >= 15 is 0 Å². The fourth-order valence-corrected chi connectivity index (χ4v) is 1.13. The summed E-state index contributed by atoms with van der Waals surface area (Å²) in [5.74, 6) is 0. The first-order valence-electron chi connectivity index (χ1n) is 4.09. The Hall–Kier alpha value is -0.990. The summed E-state index contributed by atoms with van der Waals surface area (Å²) < 4.78 is 0. The maximum Gasteiger partial charge on any atom is 0.0637 e. The zero-order chi connectivity index (χ0) is 9.52. The fraction of sp³-hybridized carbons (Fsp3) is 0.200. The van der Waals surface area contributed by atoms with Crippen LogP contribution in [0.25, 0.3) is 0 Å². The Morgan fingerprint density at radius 1 is 1.31 bits per heavy atom. The van der Waals surface area contributed by atoms with E-state index in [9.17, 15) is 0 Å². The first-order valence-corrected chi connectivity index (χ1v) is 4.46. The summed E-state index contributed by atoms with van der Waals surface area (Å²) in [6, 6.07) is 7.55. The largest absolute Gasteiger partial charge is 0.392 e. The van der Waals surface area contributed by atoms with E-state index in [2.05, 4.69) is 5.32 Å². The molecule has 0 bridgehead atoms. The second kappa shape index (κ2) is 5.62. The van der Waals surface area contributed by atoms with E-state index in [4.69, 9.17) is 16.7 Å². The van der Waals surface area contributed by atoms with E-state index in [0.29, 0.717) is 11.6 Å². The van der Waals surface area contributed by atoms with Crippen LogP contribution in [0.3, 0.4) is 0 Å². The summed E-state index contributed by atoms with van der Waals surface area (Å²) >= 11 is 5.90. The van der Waals surface area contributed by atoms with Gasteiger partial charge < -0.3 is 10.4 Å². The molecule has 0 aliphatic rings. The van der Waals surface area contributed by atoms with Crippen LogP contribution in [0.2, 0.25) is 5.02 Å². The minimum atomic E-state index is 0.0736. The van der Waals surface area contributed by atoms with Gasteiger partial charge in [0.2, 0.25) is 0 Å². The smallest absolute Gasteiger partial charge is 0.0637 e. The minimum Gasteiger partial charge on any atom is -0.392 e. The molecule has 3 heteroatoms. The van der Waals surface area contributed by atoms with Gasteiger partial charge in [-0.2, -0.15) is 0 Å². The number of anilines is 1. The number of para-hydroxylation sites is 1. The Labute approximate surface area is 82.8 Å². The highest BCUT2D eigenvalue weighted by molar-refractivity contribution is 6.33. The quantitative estimate of drug-likeness (QED) is 0.726. The molecule has 1 rings (SSSR count). The van der Waals surface area contributed by atoms with E-state index in [0.717, 1.165) is 5.69 Å². The first-order chi connectivity index (χ1) is 6.34. The molecule has 0 saturated carbocycles. The number of benzene rings is 1. The first kappa shape index (κ1) is 10.1. The molecule has 0 aliphatic heterocycles. The van der Waals surface area contributed by atoms with Crippen molar-refractivity contribution in [2.75, 3.05) is 18.5 Å². The maximum atomic E-state index is 8.48. The Balaban J connectivity index is 2.45. The number of halogens is 1. The lowest BCUT2D eigenvalue weighted by Crippen LogP contribution is -1.98. The molecule has 0 aliphatic carbocycles. The zero-order valence-corrected chi connectivity index (χ0v) is 7.96. The van der Waals surface area contributed by atoms with Gasteiger partial charge in [0.05, 0.1) is 17.3 Å². The average molecular weight is 198 g/mol. The summed E-state index contributed by atoms with van der Waals surface area (Å²) in [5, 5.41) is 12.3. The lowest BCUT2D eigenvalue weighted by Gasteiger charge is -2.04. The minimum absolute atomic E-state index is 0.0736. The van der Waals surface area contributed by atoms with Crippen LogP contribution in [-0.4, -0.2) is 18.3 Å². The van der Waals surface area contributed by atoms with E-state index in [1.54, 1.807) is 6.08 Å². The molecule has 0 fully saturated rings. The summed E-state index contributed by atoms with van der Waals surface area (Å²) in [6.07, 6.45) is 3.53. The lowest BCUT2D eigenvalue weighted by molar-refractivity contribution is 0.342. The molecule has 0 atom stereocenters. The van der Waals surface area contributed by atoms with Gasteiger partial charge in [0, 0.05) is 6.54 Å². The Kier molecular flexibility index (Phi) is 4.36. The third-order valence-corrected chi connectivity index (χ3v) is 1.89. The molecule has 0 saturated heterocycles. The van der Waals surface area contributed by atoms with Gasteiger partial charge in [0.15, 0.2) is 0 Å². The third kappa shape index (κ3) is 3.49.